The number of hydrogen-bond acceptors (Lipinski definition) is 3. The number of benzene rings is 1. The zero-order chi connectivity index (χ0) is 12.3. The van der Waals surface area contributed by atoms with Crippen LogP contribution in [-0.2, 0) is 4.74 Å². The van der Waals surface area contributed by atoms with Crippen LogP contribution in [0.25, 0.3) is 0 Å². The summed E-state index contributed by atoms with van der Waals surface area (Å²) in [6.45, 7) is 4.05. The van der Waals surface area contributed by atoms with Gasteiger partial charge in [0.2, 0.25) is 0 Å². The van der Waals surface area contributed by atoms with Crippen LogP contribution in [0.15, 0.2) is 43.0 Å². The predicted octanol–water partition coefficient (Wildman–Crippen LogP) is 2.59. The summed E-state index contributed by atoms with van der Waals surface area (Å²) in [6, 6.07) is 13.6. The summed E-state index contributed by atoms with van der Waals surface area (Å²) < 4.78 is 5.62. The van der Waals surface area contributed by atoms with Gasteiger partial charge in [-0.05, 0) is 5.56 Å². The van der Waals surface area contributed by atoms with Gasteiger partial charge in [0.15, 0.2) is 5.41 Å². The zero-order valence-electron chi connectivity index (χ0n) is 9.34. The maximum Gasteiger partial charge on any atom is 0.182 e. The third-order valence-electron chi connectivity index (χ3n) is 3.20. The van der Waals surface area contributed by atoms with E-state index in [1.165, 1.54) is 0 Å². The first kappa shape index (κ1) is 11.4. The van der Waals surface area contributed by atoms with Gasteiger partial charge in [0.1, 0.15) is 6.10 Å². The third kappa shape index (κ3) is 1.62. The highest BCUT2D eigenvalue weighted by molar-refractivity contribution is 5.33. The van der Waals surface area contributed by atoms with Gasteiger partial charge in [-0.2, -0.15) is 10.5 Å². The minimum absolute atomic E-state index is 0.247. The monoisotopic (exact) mass is 224 g/mol. The van der Waals surface area contributed by atoms with E-state index in [1.54, 1.807) is 6.08 Å². The molecule has 84 valence electrons. The highest BCUT2D eigenvalue weighted by Crippen LogP contribution is 2.48. The molecule has 1 aliphatic rings. The van der Waals surface area contributed by atoms with E-state index >= 15 is 0 Å². The molecule has 2 rings (SSSR count). The van der Waals surface area contributed by atoms with E-state index in [0.29, 0.717) is 6.61 Å². The summed E-state index contributed by atoms with van der Waals surface area (Å²) >= 11 is 0. The lowest BCUT2D eigenvalue weighted by molar-refractivity contribution is 0.0863. The molecular formula is C14H12N2O. The Kier molecular flexibility index (Phi) is 2.95. The van der Waals surface area contributed by atoms with Gasteiger partial charge in [-0.1, -0.05) is 36.4 Å². The minimum Gasteiger partial charge on any atom is -0.370 e. The summed E-state index contributed by atoms with van der Waals surface area (Å²) in [5.41, 5.74) is -0.303. The van der Waals surface area contributed by atoms with E-state index in [2.05, 4.69) is 18.7 Å². The Morgan fingerprint density at radius 2 is 1.94 bits per heavy atom. The summed E-state index contributed by atoms with van der Waals surface area (Å²) in [4.78, 5) is 0. The Morgan fingerprint density at radius 3 is 2.47 bits per heavy atom. The molecule has 2 atom stereocenters. The fourth-order valence-corrected chi connectivity index (χ4v) is 2.21. The standard InChI is InChI=1S/C14H12N2O/c1-2-12-8-17-13(14(12,9-15)10-16)11-6-4-3-5-7-11/h2-7,12-13H,1,8H2/t12-,13-/m0/s1. The quantitative estimate of drug-likeness (QED) is 0.725. The van der Waals surface area contributed by atoms with Crippen LogP contribution in [-0.4, -0.2) is 6.61 Å². The molecular weight excluding hydrogens is 212 g/mol. The molecule has 0 amide bonds. The Labute approximate surface area is 101 Å². The number of nitrogens with zero attached hydrogens (tertiary/aromatic N) is 2. The lowest BCUT2D eigenvalue weighted by Crippen LogP contribution is -2.27. The zero-order valence-corrected chi connectivity index (χ0v) is 9.34. The van der Waals surface area contributed by atoms with Crippen LogP contribution in [0, 0.1) is 34.0 Å². The van der Waals surface area contributed by atoms with Crippen LogP contribution in [0.2, 0.25) is 0 Å². The molecule has 0 N–H and O–H groups in total. The number of nitriles is 2. The molecule has 0 radical (unpaired) electrons. The molecule has 1 heterocycles. The number of rotatable bonds is 2. The Hall–Kier alpha value is -2.10. The molecule has 0 aromatic heterocycles. The van der Waals surface area contributed by atoms with E-state index in [-0.39, 0.29) is 5.92 Å². The van der Waals surface area contributed by atoms with Crippen molar-refractivity contribution in [3.05, 3.63) is 48.6 Å². The van der Waals surface area contributed by atoms with Crippen molar-refractivity contribution < 1.29 is 4.74 Å². The van der Waals surface area contributed by atoms with Crippen LogP contribution in [0.3, 0.4) is 0 Å². The molecule has 1 aromatic rings. The van der Waals surface area contributed by atoms with Gasteiger partial charge in [0, 0.05) is 5.92 Å². The summed E-state index contributed by atoms with van der Waals surface area (Å²) in [5, 5.41) is 18.7. The van der Waals surface area contributed by atoms with Crippen LogP contribution in [0.1, 0.15) is 11.7 Å². The fourth-order valence-electron chi connectivity index (χ4n) is 2.21. The van der Waals surface area contributed by atoms with Gasteiger partial charge in [0.25, 0.3) is 0 Å². The van der Waals surface area contributed by atoms with Crippen molar-refractivity contribution in [3.8, 4) is 12.1 Å². The summed E-state index contributed by atoms with van der Waals surface area (Å²) in [5.74, 6) is -0.247. The maximum absolute atomic E-state index is 9.35. The van der Waals surface area contributed by atoms with Crippen LogP contribution >= 0.6 is 0 Å². The van der Waals surface area contributed by atoms with E-state index in [1.807, 2.05) is 30.3 Å². The molecule has 0 unspecified atom stereocenters. The molecule has 0 bridgehead atoms. The van der Waals surface area contributed by atoms with Crippen molar-refractivity contribution in [2.75, 3.05) is 6.61 Å². The first-order valence-corrected chi connectivity index (χ1v) is 5.40. The second-order valence-corrected chi connectivity index (χ2v) is 4.06. The van der Waals surface area contributed by atoms with Gasteiger partial charge < -0.3 is 4.74 Å². The first-order chi connectivity index (χ1) is 8.28. The van der Waals surface area contributed by atoms with Gasteiger partial charge >= 0.3 is 0 Å². The van der Waals surface area contributed by atoms with Crippen LogP contribution in [0.4, 0.5) is 0 Å². The van der Waals surface area contributed by atoms with Crippen molar-refractivity contribution >= 4 is 0 Å². The molecule has 1 aromatic carbocycles. The third-order valence-corrected chi connectivity index (χ3v) is 3.20. The number of ether oxygens (including phenoxy) is 1. The van der Waals surface area contributed by atoms with Gasteiger partial charge in [0.05, 0.1) is 18.7 Å². The predicted molar refractivity (Wildman–Crippen MR) is 62.5 cm³/mol. The second kappa shape index (κ2) is 4.41. The van der Waals surface area contributed by atoms with Crippen molar-refractivity contribution in [1.82, 2.24) is 0 Å². The Bertz CT molecular complexity index is 481. The number of hydrogen-bond donors (Lipinski definition) is 0. The minimum atomic E-state index is -1.16. The van der Waals surface area contributed by atoms with E-state index in [0.717, 1.165) is 5.56 Å². The van der Waals surface area contributed by atoms with Gasteiger partial charge in [-0.25, -0.2) is 0 Å². The highest BCUT2D eigenvalue weighted by Gasteiger charge is 2.52. The fraction of sp³-hybridized carbons (Fsp3) is 0.286. The Balaban J connectivity index is 2.47. The molecule has 1 fully saturated rings. The van der Waals surface area contributed by atoms with Crippen molar-refractivity contribution in [2.24, 2.45) is 11.3 Å². The SMILES string of the molecule is C=C[C@H]1CO[C@@H](c2ccccc2)C1(C#N)C#N. The average Bonchev–Trinajstić information content (AvgIpc) is 2.78. The summed E-state index contributed by atoms with van der Waals surface area (Å²) in [6.07, 6.45) is 1.14. The largest absolute Gasteiger partial charge is 0.370 e. The second-order valence-electron chi connectivity index (χ2n) is 4.06. The smallest absolute Gasteiger partial charge is 0.182 e. The first-order valence-electron chi connectivity index (χ1n) is 5.40. The molecule has 0 saturated carbocycles. The van der Waals surface area contributed by atoms with E-state index in [4.69, 9.17) is 4.74 Å². The van der Waals surface area contributed by atoms with Crippen molar-refractivity contribution in [3.63, 3.8) is 0 Å². The molecule has 1 aliphatic heterocycles. The molecule has 1 saturated heterocycles. The highest BCUT2D eigenvalue weighted by atomic mass is 16.5. The molecule has 0 aliphatic carbocycles. The van der Waals surface area contributed by atoms with Gasteiger partial charge in [-0.3, -0.25) is 0 Å². The normalized spacial score (nSPS) is 25.8. The van der Waals surface area contributed by atoms with E-state index < -0.39 is 11.5 Å². The molecule has 3 nitrogen and oxygen atoms in total. The van der Waals surface area contributed by atoms with Crippen LogP contribution in [0.5, 0.6) is 0 Å². The van der Waals surface area contributed by atoms with Crippen LogP contribution < -0.4 is 0 Å². The maximum atomic E-state index is 9.35. The van der Waals surface area contributed by atoms with E-state index in [9.17, 15) is 10.5 Å². The molecule has 17 heavy (non-hydrogen) atoms. The average molecular weight is 224 g/mol. The van der Waals surface area contributed by atoms with Crippen molar-refractivity contribution in [1.29, 1.82) is 10.5 Å². The van der Waals surface area contributed by atoms with Gasteiger partial charge in [-0.15, -0.1) is 6.58 Å². The van der Waals surface area contributed by atoms with Crippen molar-refractivity contribution in [2.45, 2.75) is 6.10 Å². The molecule has 3 heteroatoms. The molecule has 0 spiro atoms. The lowest BCUT2D eigenvalue weighted by atomic mass is 9.74. The topological polar surface area (TPSA) is 56.8 Å². The Morgan fingerprint density at radius 1 is 1.29 bits per heavy atom. The lowest BCUT2D eigenvalue weighted by Gasteiger charge is -2.23. The summed E-state index contributed by atoms with van der Waals surface area (Å²) in [7, 11) is 0.